The lowest BCUT2D eigenvalue weighted by molar-refractivity contribution is 0.115. The van der Waals surface area contributed by atoms with Crippen molar-refractivity contribution in [3.63, 3.8) is 0 Å². The van der Waals surface area contributed by atoms with Crippen LogP contribution in [0.5, 0.6) is 0 Å². The zero-order valence-corrected chi connectivity index (χ0v) is 19.7. The molecule has 0 nitrogen and oxygen atoms in total. The Hall–Kier alpha value is -1.04. The minimum Gasteiger partial charge on any atom is -0.103 e. The summed E-state index contributed by atoms with van der Waals surface area (Å²) in [5, 5.41) is 0. The van der Waals surface area contributed by atoms with E-state index >= 15 is 0 Å². The van der Waals surface area contributed by atoms with E-state index in [4.69, 9.17) is 0 Å². The van der Waals surface area contributed by atoms with Crippen molar-refractivity contribution < 1.29 is 0 Å². The SMILES string of the molecule is C=CCCC1CCC2CC(c3ccc4c(c3)CCC(CCCCCC)C4)CCC2C1. The molecule has 3 aliphatic carbocycles. The molecule has 0 aromatic heterocycles. The molecule has 30 heavy (non-hydrogen) atoms. The molecule has 0 heteroatoms. The molecule has 0 spiro atoms. The maximum absolute atomic E-state index is 3.92. The van der Waals surface area contributed by atoms with Crippen molar-refractivity contribution >= 4 is 0 Å². The lowest BCUT2D eigenvalue weighted by atomic mass is 9.63. The fourth-order valence-corrected chi connectivity index (χ4v) is 7.12. The van der Waals surface area contributed by atoms with Gasteiger partial charge in [-0.05, 0) is 110 Å². The van der Waals surface area contributed by atoms with Crippen LogP contribution in [0.3, 0.4) is 0 Å². The molecule has 2 saturated carbocycles. The summed E-state index contributed by atoms with van der Waals surface area (Å²) in [6, 6.07) is 7.70. The van der Waals surface area contributed by atoms with Gasteiger partial charge in [0.25, 0.3) is 0 Å². The van der Waals surface area contributed by atoms with Crippen LogP contribution in [0.4, 0.5) is 0 Å². The van der Waals surface area contributed by atoms with E-state index in [1.54, 1.807) is 16.7 Å². The highest BCUT2D eigenvalue weighted by atomic mass is 14.4. The summed E-state index contributed by atoms with van der Waals surface area (Å²) >= 11 is 0. The van der Waals surface area contributed by atoms with Crippen LogP contribution in [-0.4, -0.2) is 0 Å². The molecule has 5 atom stereocenters. The van der Waals surface area contributed by atoms with Gasteiger partial charge in [-0.25, -0.2) is 0 Å². The van der Waals surface area contributed by atoms with Gasteiger partial charge in [0.15, 0.2) is 0 Å². The lowest BCUT2D eigenvalue weighted by Gasteiger charge is -2.42. The van der Waals surface area contributed by atoms with Crippen LogP contribution < -0.4 is 0 Å². The van der Waals surface area contributed by atoms with Crippen molar-refractivity contribution in [1.29, 1.82) is 0 Å². The largest absolute Gasteiger partial charge is 0.103 e. The van der Waals surface area contributed by atoms with Crippen molar-refractivity contribution in [2.45, 2.75) is 116 Å². The van der Waals surface area contributed by atoms with Crippen LogP contribution in [0.25, 0.3) is 0 Å². The monoisotopic (exact) mass is 406 g/mol. The van der Waals surface area contributed by atoms with Crippen LogP contribution in [0.1, 0.15) is 119 Å². The van der Waals surface area contributed by atoms with E-state index in [9.17, 15) is 0 Å². The summed E-state index contributed by atoms with van der Waals surface area (Å²) in [5.74, 6) is 4.81. The van der Waals surface area contributed by atoms with Gasteiger partial charge in [-0.1, -0.05) is 69.7 Å². The Balaban J connectivity index is 1.30. The molecule has 0 N–H and O–H groups in total. The van der Waals surface area contributed by atoms with Crippen LogP contribution in [-0.2, 0) is 12.8 Å². The van der Waals surface area contributed by atoms with E-state index in [1.165, 1.54) is 103 Å². The minimum atomic E-state index is 0.841. The van der Waals surface area contributed by atoms with E-state index < -0.39 is 0 Å². The topological polar surface area (TPSA) is 0 Å². The van der Waals surface area contributed by atoms with Gasteiger partial charge < -0.3 is 0 Å². The summed E-state index contributed by atoms with van der Waals surface area (Å²) in [5.41, 5.74) is 5.07. The summed E-state index contributed by atoms with van der Waals surface area (Å²) < 4.78 is 0. The smallest absolute Gasteiger partial charge is 0.0159 e. The normalized spacial score (nSPS) is 31.0. The molecule has 166 valence electrons. The van der Waals surface area contributed by atoms with Crippen LogP contribution >= 0.6 is 0 Å². The first kappa shape index (κ1) is 22.2. The molecular formula is C30H46. The molecule has 3 aliphatic rings. The zero-order valence-electron chi connectivity index (χ0n) is 19.7. The Morgan fingerprint density at radius 1 is 0.867 bits per heavy atom. The summed E-state index contributed by atoms with van der Waals surface area (Å²) in [7, 11) is 0. The molecular weight excluding hydrogens is 360 g/mol. The number of allylic oxidation sites excluding steroid dienone is 1. The van der Waals surface area contributed by atoms with E-state index in [0.29, 0.717) is 0 Å². The summed E-state index contributed by atoms with van der Waals surface area (Å²) in [6.07, 6.45) is 24.9. The maximum Gasteiger partial charge on any atom is -0.0159 e. The predicted molar refractivity (Wildman–Crippen MR) is 131 cm³/mol. The second-order valence-electron chi connectivity index (χ2n) is 11.1. The van der Waals surface area contributed by atoms with Gasteiger partial charge in [0.05, 0.1) is 0 Å². The Morgan fingerprint density at radius 3 is 2.60 bits per heavy atom. The number of unbranched alkanes of at least 4 members (excludes halogenated alkanes) is 3. The first-order valence-corrected chi connectivity index (χ1v) is 13.5. The van der Waals surface area contributed by atoms with E-state index in [1.807, 2.05) is 0 Å². The van der Waals surface area contributed by atoms with Gasteiger partial charge >= 0.3 is 0 Å². The number of benzene rings is 1. The van der Waals surface area contributed by atoms with Crippen LogP contribution in [0, 0.1) is 23.7 Å². The highest BCUT2D eigenvalue weighted by Crippen LogP contribution is 2.48. The Labute approximate surface area is 186 Å². The molecule has 0 amide bonds. The van der Waals surface area contributed by atoms with Gasteiger partial charge in [-0.3, -0.25) is 0 Å². The van der Waals surface area contributed by atoms with Crippen molar-refractivity contribution in [1.82, 2.24) is 0 Å². The number of hydrogen-bond acceptors (Lipinski definition) is 0. The third-order valence-corrected chi connectivity index (χ3v) is 9.00. The molecule has 0 saturated heterocycles. The third kappa shape index (κ3) is 5.60. The molecule has 2 fully saturated rings. The average Bonchev–Trinajstić information content (AvgIpc) is 2.79. The van der Waals surface area contributed by atoms with Crippen LogP contribution in [0.2, 0.25) is 0 Å². The van der Waals surface area contributed by atoms with Gasteiger partial charge in [0.2, 0.25) is 0 Å². The van der Waals surface area contributed by atoms with Gasteiger partial charge in [-0.15, -0.1) is 6.58 Å². The van der Waals surface area contributed by atoms with E-state index in [2.05, 4.69) is 37.8 Å². The number of hydrogen-bond donors (Lipinski definition) is 0. The molecule has 0 heterocycles. The predicted octanol–water partition coefficient (Wildman–Crippen LogP) is 9.03. The van der Waals surface area contributed by atoms with Gasteiger partial charge in [-0.2, -0.15) is 0 Å². The maximum atomic E-state index is 3.92. The standard InChI is InChI=1S/C30H46/c1-3-5-7-8-10-24-12-14-28-22-30(18-16-26(28)20-24)29-17-15-25-19-23(9-6-4-2)11-13-27(25)21-29/h4,16,18,22-25,27,29H,2-3,5-15,17,19-21H2,1H3. The quantitative estimate of drug-likeness (QED) is 0.283. The Morgan fingerprint density at radius 2 is 1.73 bits per heavy atom. The molecule has 0 bridgehead atoms. The fraction of sp³-hybridized carbons (Fsp3) is 0.733. The van der Waals surface area contributed by atoms with Gasteiger partial charge in [0, 0.05) is 0 Å². The van der Waals surface area contributed by atoms with Crippen molar-refractivity contribution in [3.05, 3.63) is 47.5 Å². The minimum absolute atomic E-state index is 0.841. The highest BCUT2D eigenvalue weighted by Gasteiger charge is 2.36. The molecule has 0 radical (unpaired) electrons. The van der Waals surface area contributed by atoms with Crippen LogP contribution in [0.15, 0.2) is 30.9 Å². The fourth-order valence-electron chi connectivity index (χ4n) is 7.12. The summed E-state index contributed by atoms with van der Waals surface area (Å²) in [6.45, 7) is 6.24. The number of rotatable bonds is 9. The molecule has 1 aromatic rings. The zero-order chi connectivity index (χ0) is 20.8. The molecule has 0 aliphatic heterocycles. The van der Waals surface area contributed by atoms with Crippen molar-refractivity contribution in [2.75, 3.05) is 0 Å². The Kier molecular flexibility index (Phi) is 8.14. The van der Waals surface area contributed by atoms with E-state index in [0.717, 1.165) is 29.6 Å². The molecule has 5 unspecified atom stereocenters. The molecule has 1 aromatic carbocycles. The third-order valence-electron chi connectivity index (χ3n) is 9.00. The molecule has 4 rings (SSSR count). The highest BCUT2D eigenvalue weighted by molar-refractivity contribution is 5.36. The Bertz CT molecular complexity index is 671. The first-order valence-electron chi connectivity index (χ1n) is 13.5. The van der Waals surface area contributed by atoms with Crippen molar-refractivity contribution in [3.8, 4) is 0 Å². The second kappa shape index (κ2) is 11.0. The summed E-state index contributed by atoms with van der Waals surface area (Å²) in [4.78, 5) is 0. The number of fused-ring (bicyclic) bond motifs is 2. The first-order chi connectivity index (χ1) is 14.8. The van der Waals surface area contributed by atoms with Crippen molar-refractivity contribution in [2.24, 2.45) is 23.7 Å². The average molecular weight is 407 g/mol. The lowest BCUT2D eigenvalue weighted by Crippen LogP contribution is -2.30. The van der Waals surface area contributed by atoms with E-state index in [-0.39, 0.29) is 0 Å². The van der Waals surface area contributed by atoms with Gasteiger partial charge in [0.1, 0.15) is 0 Å². The second-order valence-corrected chi connectivity index (χ2v) is 11.1. The number of aryl methyl sites for hydroxylation is 1.